The molecule has 23 heavy (non-hydrogen) atoms. The van der Waals surface area contributed by atoms with Gasteiger partial charge in [0.2, 0.25) is 0 Å². The minimum atomic E-state index is -0.204. The average molecular weight is 310 g/mol. The molecule has 0 bridgehead atoms. The first-order chi connectivity index (χ1) is 10.6. The van der Waals surface area contributed by atoms with E-state index in [0.29, 0.717) is 11.7 Å². The molecule has 0 radical (unpaired) electrons. The van der Waals surface area contributed by atoms with Gasteiger partial charge < -0.3 is 10.2 Å². The first-order valence-electron chi connectivity index (χ1n) is 8.32. The number of benzene rings is 2. The minimum absolute atomic E-state index is 0.0346. The highest BCUT2D eigenvalue weighted by Crippen LogP contribution is 2.54. The van der Waals surface area contributed by atoms with Crippen LogP contribution >= 0.6 is 0 Å². The van der Waals surface area contributed by atoms with E-state index < -0.39 is 0 Å². The molecule has 0 aliphatic heterocycles. The summed E-state index contributed by atoms with van der Waals surface area (Å²) in [5.41, 5.74) is 4.43. The van der Waals surface area contributed by atoms with Gasteiger partial charge in [0.05, 0.1) is 0 Å². The van der Waals surface area contributed by atoms with Crippen molar-refractivity contribution in [3.8, 4) is 11.5 Å². The molecule has 1 unspecified atom stereocenters. The van der Waals surface area contributed by atoms with Crippen LogP contribution in [0.15, 0.2) is 36.4 Å². The predicted octanol–water partition coefficient (Wildman–Crippen LogP) is 5.21. The molecule has 1 atom stereocenters. The Morgan fingerprint density at radius 1 is 0.957 bits per heavy atom. The number of aromatic hydroxyl groups is 2. The third-order valence-corrected chi connectivity index (χ3v) is 5.39. The van der Waals surface area contributed by atoms with Crippen LogP contribution < -0.4 is 0 Å². The second-order valence-corrected chi connectivity index (χ2v) is 8.05. The zero-order valence-corrected chi connectivity index (χ0v) is 14.6. The summed E-state index contributed by atoms with van der Waals surface area (Å²) in [5, 5.41) is 20.4. The highest BCUT2D eigenvalue weighted by Gasteiger charge is 2.46. The molecule has 1 aliphatic rings. The Kier molecular flexibility index (Phi) is 3.47. The Morgan fingerprint density at radius 3 is 2.26 bits per heavy atom. The number of hydrogen-bond donors (Lipinski definition) is 2. The van der Waals surface area contributed by atoms with Crippen molar-refractivity contribution in [2.24, 2.45) is 0 Å². The van der Waals surface area contributed by atoms with Crippen LogP contribution in [0.3, 0.4) is 0 Å². The van der Waals surface area contributed by atoms with E-state index in [1.54, 1.807) is 6.07 Å². The van der Waals surface area contributed by atoms with Gasteiger partial charge in [-0.05, 0) is 58.2 Å². The maximum atomic E-state index is 10.5. The zero-order chi connectivity index (χ0) is 17.0. The topological polar surface area (TPSA) is 40.5 Å². The summed E-state index contributed by atoms with van der Waals surface area (Å²) >= 11 is 0. The summed E-state index contributed by atoms with van der Waals surface area (Å²) in [4.78, 5) is 0. The highest BCUT2D eigenvalue weighted by molar-refractivity contribution is 5.57. The van der Waals surface area contributed by atoms with Crippen molar-refractivity contribution in [2.45, 2.75) is 57.8 Å². The van der Waals surface area contributed by atoms with Crippen molar-refractivity contribution >= 4 is 0 Å². The highest BCUT2D eigenvalue weighted by atomic mass is 16.3. The smallest absolute Gasteiger partial charge is 0.119 e. The van der Waals surface area contributed by atoms with Gasteiger partial charge in [-0.2, -0.15) is 0 Å². The van der Waals surface area contributed by atoms with Crippen LogP contribution in [0.2, 0.25) is 0 Å². The number of phenols is 2. The van der Waals surface area contributed by atoms with E-state index >= 15 is 0 Å². The number of rotatable bonds is 2. The van der Waals surface area contributed by atoms with Crippen LogP contribution in [0.4, 0.5) is 0 Å². The van der Waals surface area contributed by atoms with Crippen molar-refractivity contribution < 1.29 is 10.2 Å². The van der Waals surface area contributed by atoms with Crippen LogP contribution in [0, 0.1) is 0 Å². The molecule has 0 heterocycles. The molecule has 2 N–H and O–H groups in total. The van der Waals surface area contributed by atoms with Crippen molar-refractivity contribution in [1.82, 2.24) is 0 Å². The SMILES string of the molecule is CC(C)c1cc2c(cc1O)C(C)(c1cccc(O)c1)CC2(C)C. The standard InChI is InChI=1S/C21H26O2/c1-13(2)16-10-17-18(11-19(16)23)21(5,12-20(17,3)4)14-7-6-8-15(22)9-14/h6-11,13,22-23H,12H2,1-5H3. The van der Waals surface area contributed by atoms with E-state index in [1.165, 1.54) is 11.1 Å². The summed E-state index contributed by atoms with van der Waals surface area (Å²) in [5.74, 6) is 0.963. The molecule has 0 fully saturated rings. The molecule has 2 heteroatoms. The molecule has 2 aromatic carbocycles. The predicted molar refractivity (Wildman–Crippen MR) is 94.4 cm³/mol. The molecule has 0 spiro atoms. The molecule has 2 aromatic rings. The fourth-order valence-electron chi connectivity index (χ4n) is 4.26. The molecule has 2 nitrogen and oxygen atoms in total. The third kappa shape index (κ3) is 2.41. The lowest BCUT2D eigenvalue weighted by Crippen LogP contribution is -2.23. The Balaban J connectivity index is 2.25. The van der Waals surface area contributed by atoms with Gasteiger partial charge >= 0.3 is 0 Å². The summed E-state index contributed by atoms with van der Waals surface area (Å²) in [6, 6.07) is 11.6. The van der Waals surface area contributed by atoms with Crippen LogP contribution in [0.5, 0.6) is 11.5 Å². The van der Waals surface area contributed by atoms with Crippen LogP contribution in [0.1, 0.15) is 69.2 Å². The molecule has 0 saturated heterocycles. The lowest BCUT2D eigenvalue weighted by atomic mass is 9.75. The van der Waals surface area contributed by atoms with E-state index in [9.17, 15) is 10.2 Å². The van der Waals surface area contributed by atoms with Crippen molar-refractivity contribution in [1.29, 1.82) is 0 Å². The van der Waals surface area contributed by atoms with Gasteiger partial charge in [-0.1, -0.05) is 52.8 Å². The van der Waals surface area contributed by atoms with E-state index in [2.05, 4.69) is 46.8 Å². The minimum Gasteiger partial charge on any atom is -0.508 e. The van der Waals surface area contributed by atoms with E-state index in [1.807, 2.05) is 18.2 Å². The normalized spacial score (nSPS) is 22.3. The van der Waals surface area contributed by atoms with Gasteiger partial charge in [0, 0.05) is 5.41 Å². The van der Waals surface area contributed by atoms with Crippen molar-refractivity contribution in [3.05, 3.63) is 58.7 Å². The Labute approximate surface area is 138 Å². The first kappa shape index (κ1) is 15.9. The lowest BCUT2D eigenvalue weighted by molar-refractivity contribution is 0.420. The molecule has 0 amide bonds. The number of fused-ring (bicyclic) bond motifs is 1. The monoisotopic (exact) mass is 310 g/mol. The molecule has 0 saturated carbocycles. The fourth-order valence-corrected chi connectivity index (χ4v) is 4.26. The van der Waals surface area contributed by atoms with Gasteiger partial charge in [0.25, 0.3) is 0 Å². The molecule has 3 rings (SSSR count). The molecular formula is C21H26O2. The van der Waals surface area contributed by atoms with Gasteiger partial charge in [-0.15, -0.1) is 0 Å². The first-order valence-corrected chi connectivity index (χ1v) is 8.32. The van der Waals surface area contributed by atoms with E-state index in [4.69, 9.17) is 0 Å². The van der Waals surface area contributed by atoms with Crippen molar-refractivity contribution in [2.75, 3.05) is 0 Å². The van der Waals surface area contributed by atoms with Crippen LogP contribution in [-0.4, -0.2) is 10.2 Å². The van der Waals surface area contributed by atoms with Gasteiger partial charge in [-0.3, -0.25) is 0 Å². The summed E-state index contributed by atoms with van der Waals surface area (Å²) < 4.78 is 0. The summed E-state index contributed by atoms with van der Waals surface area (Å²) in [7, 11) is 0. The van der Waals surface area contributed by atoms with Gasteiger partial charge in [-0.25, -0.2) is 0 Å². The molecular weight excluding hydrogens is 284 g/mol. The van der Waals surface area contributed by atoms with Gasteiger partial charge in [0.15, 0.2) is 0 Å². The lowest BCUT2D eigenvalue weighted by Gasteiger charge is -2.28. The number of phenolic OH excluding ortho intramolecular Hbond substituents is 2. The maximum absolute atomic E-state index is 10.5. The maximum Gasteiger partial charge on any atom is 0.119 e. The van der Waals surface area contributed by atoms with Crippen LogP contribution in [0.25, 0.3) is 0 Å². The Morgan fingerprint density at radius 2 is 1.65 bits per heavy atom. The molecule has 122 valence electrons. The van der Waals surface area contributed by atoms with Crippen LogP contribution in [-0.2, 0) is 10.8 Å². The largest absolute Gasteiger partial charge is 0.508 e. The zero-order valence-electron chi connectivity index (χ0n) is 14.6. The fraction of sp³-hybridized carbons (Fsp3) is 0.429. The number of hydrogen-bond acceptors (Lipinski definition) is 2. The third-order valence-electron chi connectivity index (χ3n) is 5.39. The van der Waals surface area contributed by atoms with Crippen molar-refractivity contribution in [3.63, 3.8) is 0 Å². The second-order valence-electron chi connectivity index (χ2n) is 8.05. The second kappa shape index (κ2) is 5.02. The summed E-state index contributed by atoms with van der Waals surface area (Å²) in [6.07, 6.45) is 0.958. The Bertz CT molecular complexity index is 758. The van der Waals surface area contributed by atoms with Gasteiger partial charge in [0.1, 0.15) is 11.5 Å². The average Bonchev–Trinajstić information content (AvgIpc) is 2.65. The van der Waals surface area contributed by atoms with E-state index in [-0.39, 0.29) is 16.6 Å². The molecule has 0 aromatic heterocycles. The summed E-state index contributed by atoms with van der Waals surface area (Å²) in [6.45, 7) is 11.0. The quantitative estimate of drug-likeness (QED) is 0.799. The van der Waals surface area contributed by atoms with E-state index in [0.717, 1.165) is 17.5 Å². The molecule has 1 aliphatic carbocycles. The Hall–Kier alpha value is -1.96.